The van der Waals surface area contributed by atoms with Gasteiger partial charge in [-0.25, -0.2) is 4.39 Å². The maximum absolute atomic E-state index is 13.0. The predicted molar refractivity (Wildman–Crippen MR) is 126 cm³/mol. The molecule has 0 unspecified atom stereocenters. The highest BCUT2D eigenvalue weighted by atomic mass is 35.5. The van der Waals surface area contributed by atoms with E-state index in [0.717, 1.165) is 5.56 Å². The number of anilines is 1. The van der Waals surface area contributed by atoms with Gasteiger partial charge in [-0.3, -0.25) is 14.5 Å². The van der Waals surface area contributed by atoms with Gasteiger partial charge in [0, 0.05) is 37.9 Å². The van der Waals surface area contributed by atoms with Crippen LogP contribution in [-0.2, 0) is 9.59 Å². The highest BCUT2D eigenvalue weighted by Crippen LogP contribution is 2.36. The molecule has 0 spiro atoms. The average Bonchev–Trinajstić information content (AvgIpc) is 2.81. The zero-order valence-electron chi connectivity index (χ0n) is 18.6. The van der Waals surface area contributed by atoms with Gasteiger partial charge in [0.15, 0.2) is 11.5 Å². The summed E-state index contributed by atoms with van der Waals surface area (Å²) in [6, 6.07) is 9.11. The standard InChI is InChI=1S/C24H27ClFN3O4/c1-3-33-24-20(25)14-17(15-21(24)32-2)4-9-23(31)29-12-10-28(11-13-29)16-22(30)27-19-7-5-18(26)6-8-19/h4-9,14-15H,3,10-13,16H2,1-2H3,(H,27,30)/b9-4+. The van der Waals surface area contributed by atoms with E-state index in [1.807, 2.05) is 11.8 Å². The number of piperazine rings is 1. The molecule has 3 rings (SSSR count). The smallest absolute Gasteiger partial charge is 0.246 e. The molecule has 2 amide bonds. The normalized spacial score (nSPS) is 14.4. The largest absolute Gasteiger partial charge is 0.493 e. The highest BCUT2D eigenvalue weighted by Gasteiger charge is 2.21. The van der Waals surface area contributed by atoms with Crippen molar-refractivity contribution in [3.8, 4) is 11.5 Å². The van der Waals surface area contributed by atoms with Crippen molar-refractivity contribution < 1.29 is 23.5 Å². The van der Waals surface area contributed by atoms with Gasteiger partial charge in [-0.15, -0.1) is 0 Å². The topological polar surface area (TPSA) is 71.1 Å². The maximum atomic E-state index is 13.0. The molecule has 1 aliphatic heterocycles. The van der Waals surface area contributed by atoms with Crippen molar-refractivity contribution in [3.05, 3.63) is 58.9 Å². The Bertz CT molecular complexity index is 1010. The molecule has 1 aliphatic rings. The zero-order chi connectivity index (χ0) is 23.8. The first-order valence-electron chi connectivity index (χ1n) is 10.6. The number of nitrogens with one attached hydrogen (secondary N) is 1. The van der Waals surface area contributed by atoms with Gasteiger partial charge in [0.2, 0.25) is 11.8 Å². The SMILES string of the molecule is CCOc1c(Cl)cc(/C=C/C(=O)N2CCN(CC(=O)Nc3ccc(F)cc3)CC2)cc1OC. The molecule has 0 atom stereocenters. The van der Waals surface area contributed by atoms with Crippen LogP contribution < -0.4 is 14.8 Å². The first-order valence-corrected chi connectivity index (χ1v) is 11.0. The second-order valence-corrected chi connectivity index (χ2v) is 7.86. The molecule has 1 heterocycles. The molecule has 0 saturated carbocycles. The summed E-state index contributed by atoms with van der Waals surface area (Å²) in [6.07, 6.45) is 3.19. The predicted octanol–water partition coefficient (Wildman–Crippen LogP) is 3.68. The van der Waals surface area contributed by atoms with E-state index in [1.165, 1.54) is 37.5 Å². The van der Waals surface area contributed by atoms with Crippen LogP contribution in [0.15, 0.2) is 42.5 Å². The van der Waals surface area contributed by atoms with Crippen LogP contribution in [-0.4, -0.2) is 68.1 Å². The van der Waals surface area contributed by atoms with Crippen molar-refractivity contribution in [1.82, 2.24) is 9.80 Å². The van der Waals surface area contributed by atoms with Gasteiger partial charge in [-0.1, -0.05) is 11.6 Å². The fourth-order valence-electron chi connectivity index (χ4n) is 3.46. The van der Waals surface area contributed by atoms with Crippen molar-refractivity contribution in [2.24, 2.45) is 0 Å². The quantitative estimate of drug-likeness (QED) is 0.590. The third-order valence-corrected chi connectivity index (χ3v) is 5.42. The second kappa shape index (κ2) is 11.7. The Kier molecular flexibility index (Phi) is 8.68. The summed E-state index contributed by atoms with van der Waals surface area (Å²) in [5, 5.41) is 3.16. The summed E-state index contributed by atoms with van der Waals surface area (Å²) >= 11 is 6.28. The number of hydrogen-bond acceptors (Lipinski definition) is 5. The van der Waals surface area contributed by atoms with Crippen LogP contribution in [0.25, 0.3) is 6.08 Å². The zero-order valence-corrected chi connectivity index (χ0v) is 19.4. The van der Waals surface area contributed by atoms with Crippen molar-refractivity contribution >= 4 is 35.2 Å². The monoisotopic (exact) mass is 475 g/mol. The highest BCUT2D eigenvalue weighted by molar-refractivity contribution is 6.32. The molecule has 7 nitrogen and oxygen atoms in total. The van der Waals surface area contributed by atoms with E-state index in [-0.39, 0.29) is 24.2 Å². The molecule has 176 valence electrons. The van der Waals surface area contributed by atoms with E-state index in [4.69, 9.17) is 21.1 Å². The number of carbonyl (C=O) groups excluding carboxylic acids is 2. The lowest BCUT2D eigenvalue weighted by molar-refractivity contribution is -0.127. The summed E-state index contributed by atoms with van der Waals surface area (Å²) in [7, 11) is 1.53. The molecule has 0 radical (unpaired) electrons. The molecule has 0 aliphatic carbocycles. The minimum absolute atomic E-state index is 0.116. The van der Waals surface area contributed by atoms with Crippen LogP contribution in [0, 0.1) is 5.82 Å². The number of halogens is 2. The van der Waals surface area contributed by atoms with Crippen LogP contribution in [0.5, 0.6) is 11.5 Å². The fraction of sp³-hybridized carbons (Fsp3) is 0.333. The van der Waals surface area contributed by atoms with Gasteiger partial charge in [0.1, 0.15) is 5.82 Å². The summed E-state index contributed by atoms with van der Waals surface area (Å²) in [6.45, 7) is 4.72. The summed E-state index contributed by atoms with van der Waals surface area (Å²) < 4.78 is 23.8. The average molecular weight is 476 g/mol. The first kappa shape index (κ1) is 24.5. The van der Waals surface area contributed by atoms with Crippen LogP contribution in [0.4, 0.5) is 10.1 Å². The number of benzene rings is 2. The number of hydrogen-bond donors (Lipinski definition) is 1. The van der Waals surface area contributed by atoms with E-state index in [0.29, 0.717) is 55.0 Å². The van der Waals surface area contributed by atoms with E-state index in [9.17, 15) is 14.0 Å². The van der Waals surface area contributed by atoms with E-state index < -0.39 is 0 Å². The van der Waals surface area contributed by atoms with Crippen molar-refractivity contribution in [2.75, 3.05) is 51.8 Å². The van der Waals surface area contributed by atoms with Crippen LogP contribution in [0.3, 0.4) is 0 Å². The van der Waals surface area contributed by atoms with Gasteiger partial charge in [0.25, 0.3) is 0 Å². The Morgan fingerprint density at radius 2 is 1.85 bits per heavy atom. The Balaban J connectivity index is 1.50. The van der Waals surface area contributed by atoms with Gasteiger partial charge < -0.3 is 19.7 Å². The Labute approximate surface area is 197 Å². The summed E-state index contributed by atoms with van der Waals surface area (Å²) in [5.74, 6) is 0.332. The summed E-state index contributed by atoms with van der Waals surface area (Å²) in [5.41, 5.74) is 1.27. The molecule has 33 heavy (non-hydrogen) atoms. The number of ether oxygens (including phenoxy) is 2. The van der Waals surface area contributed by atoms with E-state index in [2.05, 4.69) is 5.32 Å². The van der Waals surface area contributed by atoms with Crippen LogP contribution >= 0.6 is 11.6 Å². The minimum atomic E-state index is -0.354. The van der Waals surface area contributed by atoms with E-state index >= 15 is 0 Å². The first-order chi connectivity index (χ1) is 15.9. The van der Waals surface area contributed by atoms with Crippen LogP contribution in [0.2, 0.25) is 5.02 Å². The van der Waals surface area contributed by atoms with Crippen LogP contribution in [0.1, 0.15) is 12.5 Å². The third kappa shape index (κ3) is 6.94. The molecule has 9 heteroatoms. The number of carbonyl (C=O) groups is 2. The molecule has 1 saturated heterocycles. The Morgan fingerprint density at radius 1 is 1.15 bits per heavy atom. The number of amides is 2. The molecule has 0 aromatic heterocycles. The molecule has 1 fully saturated rings. The number of methoxy groups -OCH3 is 1. The lowest BCUT2D eigenvalue weighted by Gasteiger charge is -2.33. The molecule has 1 N–H and O–H groups in total. The Morgan fingerprint density at radius 3 is 2.48 bits per heavy atom. The minimum Gasteiger partial charge on any atom is -0.493 e. The molecule has 2 aromatic carbocycles. The lowest BCUT2D eigenvalue weighted by Crippen LogP contribution is -2.50. The van der Waals surface area contributed by atoms with Gasteiger partial charge >= 0.3 is 0 Å². The second-order valence-electron chi connectivity index (χ2n) is 7.46. The van der Waals surface area contributed by atoms with Gasteiger partial charge in [0.05, 0.1) is 25.3 Å². The molecule has 2 aromatic rings. The number of nitrogens with zero attached hydrogens (tertiary/aromatic N) is 2. The number of rotatable bonds is 8. The van der Waals surface area contributed by atoms with Gasteiger partial charge in [-0.05, 0) is 55.0 Å². The van der Waals surface area contributed by atoms with Crippen molar-refractivity contribution in [1.29, 1.82) is 0 Å². The maximum Gasteiger partial charge on any atom is 0.246 e. The molecular formula is C24H27ClFN3O4. The molecule has 0 bridgehead atoms. The third-order valence-electron chi connectivity index (χ3n) is 5.14. The lowest BCUT2D eigenvalue weighted by atomic mass is 10.1. The fourth-order valence-corrected chi connectivity index (χ4v) is 3.73. The van der Waals surface area contributed by atoms with Crippen molar-refractivity contribution in [3.63, 3.8) is 0 Å². The van der Waals surface area contributed by atoms with Crippen molar-refractivity contribution in [2.45, 2.75) is 6.92 Å². The Hall–Kier alpha value is -3.10. The summed E-state index contributed by atoms with van der Waals surface area (Å²) in [4.78, 5) is 28.5. The van der Waals surface area contributed by atoms with E-state index in [1.54, 1.807) is 23.1 Å². The molecular weight excluding hydrogens is 449 g/mol. The van der Waals surface area contributed by atoms with Gasteiger partial charge in [-0.2, -0.15) is 0 Å².